The lowest BCUT2D eigenvalue weighted by Gasteiger charge is -2.25. The van der Waals surface area contributed by atoms with Crippen molar-refractivity contribution in [1.82, 2.24) is 14.1 Å². The molecule has 18 heavy (non-hydrogen) atoms. The Bertz CT molecular complexity index is 566. The Morgan fingerprint density at radius 1 is 1.39 bits per heavy atom. The number of hydrogen-bond acceptors (Lipinski definition) is 4. The molecule has 0 spiro atoms. The van der Waals surface area contributed by atoms with Gasteiger partial charge in [-0.1, -0.05) is 6.42 Å². The summed E-state index contributed by atoms with van der Waals surface area (Å²) in [6.07, 6.45) is 4.27. The van der Waals surface area contributed by atoms with Crippen LogP contribution in [-0.2, 0) is 17.3 Å². The third-order valence-electron chi connectivity index (χ3n) is 2.83. The van der Waals surface area contributed by atoms with Gasteiger partial charge in [0.25, 0.3) is 0 Å². The maximum Gasteiger partial charge on any atom is 0.302 e. The minimum absolute atomic E-state index is 0.0885. The van der Waals surface area contributed by atoms with Crippen molar-refractivity contribution in [2.24, 2.45) is 7.05 Å². The average Bonchev–Trinajstić information content (AvgIpc) is 2.70. The van der Waals surface area contributed by atoms with Gasteiger partial charge in [0.15, 0.2) is 5.82 Å². The summed E-state index contributed by atoms with van der Waals surface area (Å²) in [6.45, 7) is 1.04. The van der Waals surface area contributed by atoms with Gasteiger partial charge in [-0.05, 0) is 12.8 Å². The highest BCUT2D eigenvalue weighted by molar-refractivity contribution is 7.90. The molecule has 1 aliphatic rings. The zero-order chi connectivity index (χ0) is 13.2. The predicted molar refractivity (Wildman–Crippen MR) is 65.9 cm³/mol. The van der Waals surface area contributed by atoms with E-state index in [0.717, 1.165) is 19.3 Å². The molecule has 0 aromatic carbocycles. The number of piperidine rings is 1. The molecule has 0 unspecified atom stereocenters. The fourth-order valence-electron chi connectivity index (χ4n) is 1.94. The van der Waals surface area contributed by atoms with Gasteiger partial charge in [0, 0.05) is 26.3 Å². The summed E-state index contributed by atoms with van der Waals surface area (Å²) < 4.78 is 29.4. The van der Waals surface area contributed by atoms with Gasteiger partial charge < -0.3 is 0 Å². The highest BCUT2D eigenvalue weighted by atomic mass is 32.2. The molecule has 0 bridgehead atoms. The van der Waals surface area contributed by atoms with E-state index in [1.54, 1.807) is 7.05 Å². The van der Waals surface area contributed by atoms with E-state index in [0.29, 0.717) is 13.1 Å². The number of aryl methyl sites for hydroxylation is 1. The number of nitriles is 1. The SMILES string of the molecule is Cn1cc(C#N)c(NS(=O)(=O)N2CCCCC2)n1. The zero-order valence-corrected chi connectivity index (χ0v) is 10.9. The third kappa shape index (κ3) is 2.63. The van der Waals surface area contributed by atoms with Gasteiger partial charge in [0.05, 0.1) is 0 Å². The lowest BCUT2D eigenvalue weighted by atomic mass is 10.2. The molecule has 1 aromatic heterocycles. The smallest absolute Gasteiger partial charge is 0.272 e. The molecule has 1 fully saturated rings. The molecule has 0 amide bonds. The van der Waals surface area contributed by atoms with Crippen LogP contribution in [0.15, 0.2) is 6.20 Å². The lowest BCUT2D eigenvalue weighted by Crippen LogP contribution is -2.39. The van der Waals surface area contributed by atoms with Gasteiger partial charge in [0.2, 0.25) is 0 Å². The molecule has 1 aliphatic heterocycles. The first-order valence-corrected chi connectivity index (χ1v) is 7.18. The summed E-state index contributed by atoms with van der Waals surface area (Å²) >= 11 is 0. The van der Waals surface area contributed by atoms with E-state index >= 15 is 0 Å². The first kappa shape index (κ1) is 12.9. The minimum Gasteiger partial charge on any atom is -0.272 e. The van der Waals surface area contributed by atoms with Crippen LogP contribution in [0.5, 0.6) is 0 Å². The number of aromatic nitrogens is 2. The average molecular weight is 269 g/mol. The molecule has 1 aromatic rings. The molecule has 0 atom stereocenters. The molecule has 2 heterocycles. The number of nitrogens with one attached hydrogen (secondary N) is 1. The van der Waals surface area contributed by atoms with E-state index in [1.807, 2.05) is 6.07 Å². The van der Waals surface area contributed by atoms with Crippen molar-refractivity contribution < 1.29 is 8.42 Å². The number of hydrogen-bond donors (Lipinski definition) is 1. The molecule has 8 heteroatoms. The quantitative estimate of drug-likeness (QED) is 0.861. The Kier molecular flexibility index (Phi) is 3.54. The molecular formula is C10H15N5O2S. The first-order chi connectivity index (χ1) is 8.53. The highest BCUT2D eigenvalue weighted by Crippen LogP contribution is 2.17. The molecule has 1 N–H and O–H groups in total. The van der Waals surface area contributed by atoms with Crippen molar-refractivity contribution in [3.8, 4) is 6.07 Å². The van der Waals surface area contributed by atoms with Crippen molar-refractivity contribution >= 4 is 16.0 Å². The van der Waals surface area contributed by atoms with E-state index in [1.165, 1.54) is 15.2 Å². The Morgan fingerprint density at radius 3 is 2.67 bits per heavy atom. The van der Waals surface area contributed by atoms with Crippen LogP contribution in [0, 0.1) is 11.3 Å². The van der Waals surface area contributed by atoms with Crippen molar-refractivity contribution in [3.05, 3.63) is 11.8 Å². The normalized spacial score (nSPS) is 17.3. The molecule has 2 rings (SSSR count). The fraction of sp³-hybridized carbons (Fsp3) is 0.600. The van der Waals surface area contributed by atoms with Gasteiger partial charge in [-0.2, -0.15) is 23.1 Å². The van der Waals surface area contributed by atoms with Gasteiger partial charge in [-0.3, -0.25) is 9.40 Å². The van der Waals surface area contributed by atoms with Crippen molar-refractivity contribution in [2.45, 2.75) is 19.3 Å². The minimum atomic E-state index is -3.60. The molecule has 0 radical (unpaired) electrons. The van der Waals surface area contributed by atoms with Crippen molar-refractivity contribution in [1.29, 1.82) is 5.26 Å². The van der Waals surface area contributed by atoms with Crippen LogP contribution in [-0.4, -0.2) is 35.6 Å². The Labute approximate surface area is 106 Å². The second-order valence-corrected chi connectivity index (χ2v) is 5.91. The Balaban J connectivity index is 2.19. The van der Waals surface area contributed by atoms with Gasteiger partial charge in [0.1, 0.15) is 11.6 Å². The van der Waals surface area contributed by atoms with Gasteiger partial charge >= 0.3 is 10.2 Å². The van der Waals surface area contributed by atoms with Crippen LogP contribution in [0.4, 0.5) is 5.82 Å². The summed E-state index contributed by atoms with van der Waals surface area (Å²) in [4.78, 5) is 0. The molecule has 0 saturated carbocycles. The maximum absolute atomic E-state index is 12.1. The van der Waals surface area contributed by atoms with E-state index in [2.05, 4.69) is 9.82 Å². The molecule has 98 valence electrons. The van der Waals surface area contributed by atoms with Crippen molar-refractivity contribution in [3.63, 3.8) is 0 Å². The van der Waals surface area contributed by atoms with Gasteiger partial charge in [-0.15, -0.1) is 0 Å². The van der Waals surface area contributed by atoms with E-state index in [4.69, 9.17) is 5.26 Å². The molecule has 0 aliphatic carbocycles. The van der Waals surface area contributed by atoms with E-state index < -0.39 is 10.2 Å². The summed E-state index contributed by atoms with van der Waals surface area (Å²) in [7, 11) is -1.96. The number of nitrogens with zero attached hydrogens (tertiary/aromatic N) is 4. The molecule has 7 nitrogen and oxygen atoms in total. The second kappa shape index (κ2) is 4.96. The number of anilines is 1. The largest absolute Gasteiger partial charge is 0.302 e. The monoisotopic (exact) mass is 269 g/mol. The topological polar surface area (TPSA) is 91.0 Å². The second-order valence-electron chi connectivity index (χ2n) is 4.24. The number of rotatable bonds is 3. The third-order valence-corrected chi connectivity index (χ3v) is 4.33. The Morgan fingerprint density at radius 2 is 2.06 bits per heavy atom. The summed E-state index contributed by atoms with van der Waals surface area (Å²) in [5.41, 5.74) is 0.220. The van der Waals surface area contributed by atoms with E-state index in [9.17, 15) is 8.42 Å². The van der Waals surface area contributed by atoms with Crippen LogP contribution in [0.2, 0.25) is 0 Å². The summed E-state index contributed by atoms with van der Waals surface area (Å²) in [5, 5.41) is 12.8. The summed E-state index contributed by atoms with van der Waals surface area (Å²) in [6, 6.07) is 1.91. The fourth-order valence-corrected chi connectivity index (χ4v) is 3.20. The predicted octanol–water partition coefficient (Wildman–Crippen LogP) is 0.434. The highest BCUT2D eigenvalue weighted by Gasteiger charge is 2.25. The van der Waals surface area contributed by atoms with Crippen LogP contribution in [0.25, 0.3) is 0 Å². The van der Waals surface area contributed by atoms with Gasteiger partial charge in [-0.25, -0.2) is 0 Å². The summed E-state index contributed by atoms with van der Waals surface area (Å²) in [5.74, 6) is 0.0885. The standard InChI is InChI=1S/C10H15N5O2S/c1-14-8-9(7-11)10(12-14)13-18(16,17)15-5-3-2-4-6-15/h8H,2-6H2,1H3,(H,12,13). The van der Waals surface area contributed by atoms with Crippen LogP contribution < -0.4 is 4.72 Å². The van der Waals surface area contributed by atoms with Crippen LogP contribution in [0.3, 0.4) is 0 Å². The lowest BCUT2D eigenvalue weighted by molar-refractivity contribution is 0.349. The van der Waals surface area contributed by atoms with E-state index in [-0.39, 0.29) is 11.4 Å². The first-order valence-electron chi connectivity index (χ1n) is 5.74. The molecular weight excluding hydrogens is 254 g/mol. The molecule has 1 saturated heterocycles. The van der Waals surface area contributed by atoms with Crippen LogP contribution >= 0.6 is 0 Å². The van der Waals surface area contributed by atoms with Crippen LogP contribution in [0.1, 0.15) is 24.8 Å². The maximum atomic E-state index is 12.1. The Hall–Kier alpha value is -1.59. The van der Waals surface area contributed by atoms with Crippen molar-refractivity contribution in [2.75, 3.05) is 17.8 Å². The zero-order valence-electron chi connectivity index (χ0n) is 10.1.